The van der Waals surface area contributed by atoms with Crippen LogP contribution in [0.15, 0.2) is 69.9 Å². The molecule has 1 aliphatic heterocycles. The summed E-state index contributed by atoms with van der Waals surface area (Å²) in [5.74, 6) is -1.04. The largest absolute Gasteiger partial charge is 0.351 e. The van der Waals surface area contributed by atoms with Gasteiger partial charge in [-0.15, -0.1) is 0 Å². The van der Waals surface area contributed by atoms with Crippen LogP contribution in [0.4, 0.5) is 0 Å². The number of rotatable bonds is 16. The van der Waals surface area contributed by atoms with Gasteiger partial charge in [-0.2, -0.15) is 0 Å². The molecule has 10 heteroatoms. The number of hydrogen-bond acceptors (Lipinski definition) is 4. The zero-order valence-corrected chi connectivity index (χ0v) is 29.7. The minimum atomic E-state index is -4.96. The van der Waals surface area contributed by atoms with E-state index in [1.54, 1.807) is 12.2 Å². The van der Waals surface area contributed by atoms with Crippen molar-refractivity contribution < 1.29 is 32.7 Å². The Hall–Kier alpha value is -1.03. The van der Waals surface area contributed by atoms with Crippen LogP contribution in [-0.2, 0) is 18.0 Å². The Morgan fingerprint density at radius 1 is 0.595 bits per heavy atom. The molecule has 0 aliphatic carbocycles. The molecule has 0 spiro atoms. The van der Waals surface area contributed by atoms with Crippen LogP contribution < -0.4 is 0 Å². The van der Waals surface area contributed by atoms with Gasteiger partial charge in [0.05, 0.1) is 0 Å². The molecule has 0 amide bonds. The Morgan fingerprint density at radius 3 is 1.26 bits per heavy atom. The molecule has 1 fully saturated rings. The molecule has 0 saturated carbocycles. The van der Waals surface area contributed by atoms with Crippen molar-refractivity contribution in [2.75, 3.05) is 5.90 Å². The van der Waals surface area contributed by atoms with E-state index in [0.717, 1.165) is 49.7 Å². The molecule has 1 rings (SSSR count). The second kappa shape index (κ2) is 17.5. The molecule has 0 aromatic heterocycles. The van der Waals surface area contributed by atoms with E-state index in [1.165, 1.54) is 22.3 Å². The van der Waals surface area contributed by atoms with Gasteiger partial charge in [-0.05, 0) is 120 Å². The lowest BCUT2D eigenvalue weighted by Crippen LogP contribution is -2.33. The molecule has 1 heterocycles. The summed E-state index contributed by atoms with van der Waals surface area (Å²) < 4.78 is 44.1. The van der Waals surface area contributed by atoms with E-state index in [-0.39, 0.29) is 12.8 Å². The van der Waals surface area contributed by atoms with Gasteiger partial charge in [-0.3, -0.25) is 13.7 Å². The van der Waals surface area contributed by atoms with Crippen LogP contribution in [0.25, 0.3) is 0 Å². The maximum absolute atomic E-state index is 13.6. The van der Waals surface area contributed by atoms with E-state index in [2.05, 4.69) is 65.8 Å². The molecule has 7 nitrogen and oxygen atoms in total. The summed E-state index contributed by atoms with van der Waals surface area (Å²) in [6.45, 7) is 16.3. The van der Waals surface area contributed by atoms with Crippen LogP contribution in [0.5, 0.6) is 0 Å². The summed E-state index contributed by atoms with van der Waals surface area (Å²) in [5, 5.41) is 0. The lowest BCUT2D eigenvalue weighted by atomic mass is 10.0. The number of allylic oxidation sites excluding steroid dienone is 12. The number of hydrogen-bond donors (Lipinski definition) is 3. The molecular formula is C32H55O7P3. The maximum atomic E-state index is 13.6. The summed E-state index contributed by atoms with van der Waals surface area (Å²) in [5.41, 5.74) is 6.99. The molecule has 3 N–H and O–H groups in total. The van der Waals surface area contributed by atoms with Crippen LogP contribution in [-0.4, -0.2) is 25.5 Å². The third-order valence-corrected chi connectivity index (χ3v) is 17.2. The van der Waals surface area contributed by atoms with Crippen molar-refractivity contribution >= 4 is 22.6 Å². The molecule has 3 unspecified atom stereocenters. The van der Waals surface area contributed by atoms with E-state index in [4.69, 9.17) is 4.31 Å². The van der Waals surface area contributed by atoms with E-state index < -0.39 is 33.4 Å². The molecular weight excluding hydrogens is 589 g/mol. The predicted octanol–water partition coefficient (Wildman–Crippen LogP) is 10.9. The van der Waals surface area contributed by atoms with Gasteiger partial charge in [-0.1, -0.05) is 69.9 Å². The Morgan fingerprint density at radius 2 is 0.929 bits per heavy atom. The fourth-order valence-electron chi connectivity index (χ4n) is 4.80. The Bertz CT molecular complexity index is 1150. The van der Waals surface area contributed by atoms with E-state index in [9.17, 15) is 28.4 Å². The van der Waals surface area contributed by atoms with E-state index in [1.807, 2.05) is 13.8 Å². The molecule has 240 valence electrons. The molecule has 0 aromatic rings. The summed E-state index contributed by atoms with van der Waals surface area (Å²) in [4.78, 5) is 29.8. The quantitative estimate of drug-likeness (QED) is 0.113. The van der Waals surface area contributed by atoms with Crippen molar-refractivity contribution in [3.63, 3.8) is 0 Å². The first-order valence-corrected chi connectivity index (χ1v) is 20.1. The molecule has 0 aromatic carbocycles. The van der Waals surface area contributed by atoms with Gasteiger partial charge in [0.15, 0.2) is 4.90 Å². The van der Waals surface area contributed by atoms with Gasteiger partial charge < -0.3 is 14.7 Å². The van der Waals surface area contributed by atoms with Crippen LogP contribution in [0.2, 0.25) is 0 Å². The van der Waals surface area contributed by atoms with Crippen LogP contribution >= 0.6 is 22.6 Å². The molecule has 0 bridgehead atoms. The molecule has 1 saturated heterocycles. The Balaban J connectivity index is 3.09. The van der Waals surface area contributed by atoms with Crippen molar-refractivity contribution in [1.29, 1.82) is 0 Å². The van der Waals surface area contributed by atoms with Gasteiger partial charge in [-0.25, -0.2) is 4.31 Å². The first-order chi connectivity index (χ1) is 19.3. The van der Waals surface area contributed by atoms with Gasteiger partial charge >= 0.3 is 15.2 Å². The molecule has 1 aliphatic rings. The molecule has 42 heavy (non-hydrogen) atoms. The van der Waals surface area contributed by atoms with Gasteiger partial charge in [0.25, 0.3) is 0 Å². The van der Waals surface area contributed by atoms with Crippen molar-refractivity contribution in [2.24, 2.45) is 0 Å². The smallest absolute Gasteiger partial charge is 0.343 e. The van der Waals surface area contributed by atoms with Crippen LogP contribution in [0, 0.1) is 0 Å². The zero-order valence-electron chi connectivity index (χ0n) is 27.1. The Kier molecular flexibility index (Phi) is 16.2. The second-order valence-electron chi connectivity index (χ2n) is 12.4. The normalized spacial score (nSPS) is 29.4. The lowest BCUT2D eigenvalue weighted by molar-refractivity contribution is 0.303. The Labute approximate surface area is 255 Å². The first-order valence-electron chi connectivity index (χ1n) is 14.9. The van der Waals surface area contributed by atoms with Crippen molar-refractivity contribution in [1.82, 2.24) is 0 Å². The third-order valence-electron chi connectivity index (χ3n) is 7.59. The minimum Gasteiger partial charge on any atom is -0.343 e. The average Bonchev–Trinajstić information content (AvgIpc) is 2.81. The van der Waals surface area contributed by atoms with E-state index in [0.29, 0.717) is 12.8 Å². The fraction of sp³-hybridized carbons (Fsp3) is 0.625. The third kappa shape index (κ3) is 13.3. The first kappa shape index (κ1) is 39.0. The highest BCUT2D eigenvalue weighted by Crippen LogP contribution is 2.87. The molecule has 3 atom stereocenters. The highest BCUT2D eigenvalue weighted by Gasteiger charge is 2.67. The van der Waals surface area contributed by atoms with Crippen LogP contribution in [0.3, 0.4) is 0 Å². The minimum absolute atomic E-state index is 0.198. The van der Waals surface area contributed by atoms with Crippen molar-refractivity contribution in [3.05, 3.63) is 69.9 Å². The van der Waals surface area contributed by atoms with Gasteiger partial charge in [0, 0.05) is 0 Å². The fourth-order valence-corrected chi connectivity index (χ4v) is 14.3. The standard InChI is InChI=1S/C32H55O7P3/c1-26(2)13-9-15-28(5)17-11-19-30(7)21-23-32(40(33,34)25-41(35,36)39-42(32,37)38)24-22-31(8)20-12-18-29(6)16-10-14-27(3)4/h13-14,17-18,21-22H,9-12,15-16,19-20,23-25H2,1-8H3,(H,33,34)(H,35,36)(H,37,38)/b28-17+,29-18+,30-21+,31-22+. The topological polar surface area (TPSA) is 121 Å². The maximum Gasteiger partial charge on any atom is 0.351 e. The summed E-state index contributed by atoms with van der Waals surface area (Å²) in [7, 11) is -14.2. The predicted molar refractivity (Wildman–Crippen MR) is 178 cm³/mol. The molecule has 0 radical (unpaired) electrons. The average molecular weight is 645 g/mol. The summed E-state index contributed by atoms with van der Waals surface area (Å²) in [6.07, 6.45) is 18.7. The SMILES string of the molecule is CC(C)=CCC/C(C)=C/CC/C(C)=C/CC1(C/C=C(\C)CC/C=C(\C)CCC=C(C)C)P(=O)(O)CP(=O)(O)OP1(=O)O. The monoisotopic (exact) mass is 644 g/mol. The summed E-state index contributed by atoms with van der Waals surface area (Å²) in [6, 6.07) is 0. The van der Waals surface area contributed by atoms with Crippen molar-refractivity contribution in [3.8, 4) is 0 Å². The van der Waals surface area contributed by atoms with Gasteiger partial charge in [0.2, 0.25) is 7.37 Å². The second-order valence-corrected chi connectivity index (χ2v) is 20.0. The van der Waals surface area contributed by atoms with Crippen LogP contribution in [0.1, 0.15) is 120 Å². The highest BCUT2D eigenvalue weighted by molar-refractivity contribution is 7.88. The summed E-state index contributed by atoms with van der Waals surface area (Å²) >= 11 is 0. The van der Waals surface area contributed by atoms with E-state index >= 15 is 0 Å². The highest BCUT2D eigenvalue weighted by atomic mass is 31.3. The zero-order chi connectivity index (χ0) is 32.2. The van der Waals surface area contributed by atoms with Crippen molar-refractivity contribution in [2.45, 2.75) is 124 Å². The van der Waals surface area contributed by atoms with Gasteiger partial charge in [0.1, 0.15) is 5.90 Å². The lowest BCUT2D eigenvalue weighted by Gasteiger charge is -2.43.